The number of nitrogens with two attached hydrogens (primary N) is 1. The standard InChI is InChI=1S/C9H7FN2O3/c10-8-4(1-2-5(13)9(8)14)6-3-7(11)12-15-6/h1-3,13-14H,(H2,11,12). The van der Waals surface area contributed by atoms with Gasteiger partial charge in [0.25, 0.3) is 0 Å². The Morgan fingerprint density at radius 1 is 1.33 bits per heavy atom. The Morgan fingerprint density at radius 3 is 2.67 bits per heavy atom. The number of aromatic nitrogens is 1. The summed E-state index contributed by atoms with van der Waals surface area (Å²) in [6.07, 6.45) is 0. The molecule has 0 aliphatic rings. The van der Waals surface area contributed by atoms with Crippen molar-refractivity contribution in [1.82, 2.24) is 5.16 Å². The quantitative estimate of drug-likeness (QED) is 0.620. The van der Waals surface area contributed by atoms with Gasteiger partial charge in [-0.05, 0) is 12.1 Å². The minimum atomic E-state index is -0.980. The van der Waals surface area contributed by atoms with Crippen molar-refractivity contribution in [2.24, 2.45) is 0 Å². The first-order valence-corrected chi connectivity index (χ1v) is 4.02. The number of phenols is 2. The molecule has 0 aliphatic carbocycles. The van der Waals surface area contributed by atoms with E-state index in [2.05, 4.69) is 5.16 Å². The van der Waals surface area contributed by atoms with E-state index in [0.717, 1.165) is 6.07 Å². The topological polar surface area (TPSA) is 92.5 Å². The van der Waals surface area contributed by atoms with Crippen LogP contribution in [0.5, 0.6) is 11.5 Å². The lowest BCUT2D eigenvalue weighted by atomic mass is 10.1. The Hall–Kier alpha value is -2.24. The first-order chi connectivity index (χ1) is 7.09. The van der Waals surface area contributed by atoms with Crippen molar-refractivity contribution >= 4 is 5.82 Å². The Balaban J connectivity index is 2.59. The Morgan fingerprint density at radius 2 is 2.07 bits per heavy atom. The number of benzene rings is 1. The number of nitrogens with zero attached hydrogens (tertiary/aromatic N) is 1. The highest BCUT2D eigenvalue weighted by Crippen LogP contribution is 2.35. The molecule has 1 aromatic carbocycles. The van der Waals surface area contributed by atoms with Crippen LogP contribution in [0.15, 0.2) is 22.7 Å². The van der Waals surface area contributed by atoms with Crippen molar-refractivity contribution in [2.45, 2.75) is 0 Å². The molecular formula is C9H7FN2O3. The summed E-state index contributed by atoms with van der Waals surface area (Å²) in [6, 6.07) is 3.71. The van der Waals surface area contributed by atoms with Crippen LogP contribution in [-0.2, 0) is 0 Å². The second kappa shape index (κ2) is 3.16. The molecule has 2 rings (SSSR count). The minimum absolute atomic E-state index is 0.0190. The van der Waals surface area contributed by atoms with Gasteiger partial charge in [0.05, 0.1) is 5.56 Å². The summed E-state index contributed by atoms with van der Waals surface area (Å²) < 4.78 is 18.1. The number of rotatable bonds is 1. The van der Waals surface area contributed by atoms with Crippen LogP contribution in [0.25, 0.3) is 11.3 Å². The summed E-state index contributed by atoms with van der Waals surface area (Å²) in [6.45, 7) is 0. The Kier molecular flexibility index (Phi) is 1.96. The largest absolute Gasteiger partial charge is 0.504 e. The van der Waals surface area contributed by atoms with Crippen molar-refractivity contribution in [2.75, 3.05) is 5.73 Å². The van der Waals surface area contributed by atoms with E-state index < -0.39 is 17.3 Å². The monoisotopic (exact) mass is 210 g/mol. The van der Waals surface area contributed by atoms with Crippen molar-refractivity contribution in [3.63, 3.8) is 0 Å². The van der Waals surface area contributed by atoms with Crippen molar-refractivity contribution in [3.8, 4) is 22.8 Å². The van der Waals surface area contributed by atoms with Gasteiger partial charge in [-0.2, -0.15) is 0 Å². The third kappa shape index (κ3) is 1.45. The number of anilines is 1. The van der Waals surface area contributed by atoms with Gasteiger partial charge in [-0.3, -0.25) is 0 Å². The van der Waals surface area contributed by atoms with Gasteiger partial charge in [0.1, 0.15) is 0 Å². The predicted octanol–water partition coefficient (Wildman–Crippen LogP) is 1.47. The Labute approximate surface area is 83.5 Å². The lowest BCUT2D eigenvalue weighted by Gasteiger charge is -2.02. The third-order valence-corrected chi connectivity index (χ3v) is 1.89. The normalized spacial score (nSPS) is 10.5. The minimum Gasteiger partial charge on any atom is -0.504 e. The fraction of sp³-hybridized carbons (Fsp3) is 0. The van der Waals surface area contributed by atoms with Crippen LogP contribution in [0, 0.1) is 5.82 Å². The molecule has 0 saturated heterocycles. The van der Waals surface area contributed by atoms with E-state index in [9.17, 15) is 4.39 Å². The molecule has 4 N–H and O–H groups in total. The summed E-state index contributed by atoms with van der Waals surface area (Å²) in [5.74, 6) is -2.16. The van der Waals surface area contributed by atoms with Gasteiger partial charge in [-0.25, -0.2) is 4.39 Å². The lowest BCUT2D eigenvalue weighted by Crippen LogP contribution is -1.84. The zero-order valence-corrected chi connectivity index (χ0v) is 7.44. The van der Waals surface area contributed by atoms with Gasteiger partial charge < -0.3 is 20.5 Å². The fourth-order valence-corrected chi connectivity index (χ4v) is 1.16. The third-order valence-electron chi connectivity index (χ3n) is 1.89. The second-order valence-electron chi connectivity index (χ2n) is 2.91. The van der Waals surface area contributed by atoms with Gasteiger partial charge >= 0.3 is 0 Å². The average molecular weight is 210 g/mol. The van der Waals surface area contributed by atoms with Gasteiger partial charge in [0.2, 0.25) is 0 Å². The van der Waals surface area contributed by atoms with Gasteiger partial charge in [-0.15, -0.1) is 0 Å². The molecule has 0 radical (unpaired) electrons. The highest BCUT2D eigenvalue weighted by atomic mass is 19.1. The van der Waals surface area contributed by atoms with Crippen LogP contribution in [-0.4, -0.2) is 15.4 Å². The Bertz CT molecular complexity index is 510. The molecule has 2 aromatic rings. The highest BCUT2D eigenvalue weighted by Gasteiger charge is 2.16. The molecule has 0 bridgehead atoms. The molecule has 0 fully saturated rings. The molecule has 0 spiro atoms. The van der Waals surface area contributed by atoms with Crippen LogP contribution in [0.1, 0.15) is 0 Å². The number of aromatic hydroxyl groups is 2. The average Bonchev–Trinajstić information content (AvgIpc) is 2.61. The van der Waals surface area contributed by atoms with Crippen LogP contribution in [0.3, 0.4) is 0 Å². The molecule has 15 heavy (non-hydrogen) atoms. The number of halogens is 1. The molecule has 78 valence electrons. The molecule has 5 nitrogen and oxygen atoms in total. The smallest absolute Gasteiger partial charge is 0.194 e. The van der Waals surface area contributed by atoms with E-state index in [0.29, 0.717) is 0 Å². The summed E-state index contributed by atoms with van der Waals surface area (Å²) >= 11 is 0. The first-order valence-electron chi connectivity index (χ1n) is 4.02. The maximum atomic E-state index is 13.4. The number of phenolic OH excluding ortho intramolecular Hbond substituents is 2. The number of hydrogen-bond acceptors (Lipinski definition) is 5. The molecule has 0 amide bonds. The van der Waals surface area contributed by atoms with Crippen molar-refractivity contribution in [3.05, 3.63) is 24.0 Å². The van der Waals surface area contributed by atoms with Crippen LogP contribution < -0.4 is 5.73 Å². The lowest BCUT2D eigenvalue weighted by molar-refractivity contribution is 0.377. The molecule has 0 aliphatic heterocycles. The van der Waals surface area contributed by atoms with Crippen molar-refractivity contribution in [1.29, 1.82) is 0 Å². The maximum Gasteiger partial charge on any atom is 0.194 e. The summed E-state index contributed by atoms with van der Waals surface area (Å²) in [5.41, 5.74) is 5.28. The van der Waals surface area contributed by atoms with Crippen LogP contribution >= 0.6 is 0 Å². The molecular weight excluding hydrogens is 203 g/mol. The van der Waals surface area contributed by atoms with E-state index in [1.165, 1.54) is 12.1 Å². The van der Waals surface area contributed by atoms with Gasteiger partial charge in [0.15, 0.2) is 28.9 Å². The van der Waals surface area contributed by atoms with Gasteiger partial charge in [-0.1, -0.05) is 5.16 Å². The van der Waals surface area contributed by atoms with Crippen LogP contribution in [0.4, 0.5) is 10.2 Å². The number of hydrogen-bond donors (Lipinski definition) is 3. The van der Waals surface area contributed by atoms with Crippen molar-refractivity contribution < 1.29 is 19.1 Å². The SMILES string of the molecule is Nc1cc(-c2ccc(O)c(O)c2F)on1. The van der Waals surface area contributed by atoms with Gasteiger partial charge in [0, 0.05) is 6.07 Å². The molecule has 0 atom stereocenters. The fourth-order valence-electron chi connectivity index (χ4n) is 1.16. The summed E-state index contributed by atoms with van der Waals surface area (Å²) in [5, 5.41) is 21.5. The second-order valence-corrected chi connectivity index (χ2v) is 2.91. The molecule has 0 unspecified atom stereocenters. The molecule has 0 saturated carbocycles. The molecule has 1 aromatic heterocycles. The zero-order chi connectivity index (χ0) is 11.0. The first kappa shape index (κ1) is 9.32. The zero-order valence-electron chi connectivity index (χ0n) is 7.44. The van der Waals surface area contributed by atoms with Crippen LogP contribution in [0.2, 0.25) is 0 Å². The summed E-state index contributed by atoms with van der Waals surface area (Å²) in [4.78, 5) is 0. The maximum absolute atomic E-state index is 13.4. The highest BCUT2D eigenvalue weighted by molar-refractivity contribution is 5.65. The molecule has 1 heterocycles. The van der Waals surface area contributed by atoms with E-state index in [-0.39, 0.29) is 17.1 Å². The number of nitrogen functional groups attached to an aromatic ring is 1. The molecule has 6 heteroatoms. The van der Waals surface area contributed by atoms with E-state index >= 15 is 0 Å². The summed E-state index contributed by atoms with van der Waals surface area (Å²) in [7, 11) is 0. The predicted molar refractivity (Wildman–Crippen MR) is 49.6 cm³/mol. The van der Waals surface area contributed by atoms with E-state index in [1.54, 1.807) is 0 Å². The van der Waals surface area contributed by atoms with E-state index in [4.69, 9.17) is 20.5 Å². The van der Waals surface area contributed by atoms with E-state index in [1.807, 2.05) is 0 Å².